The molecule has 0 radical (unpaired) electrons. The summed E-state index contributed by atoms with van der Waals surface area (Å²) in [5.74, 6) is 1.66. The Bertz CT molecular complexity index is 990. The van der Waals surface area contributed by atoms with Gasteiger partial charge in [0.1, 0.15) is 11.5 Å². The molecule has 2 saturated heterocycles. The molecule has 9 heteroatoms. The normalized spacial score (nSPS) is 18.3. The van der Waals surface area contributed by atoms with Crippen molar-refractivity contribution in [1.82, 2.24) is 15.5 Å². The van der Waals surface area contributed by atoms with Crippen molar-refractivity contribution in [1.29, 1.82) is 0 Å². The molecule has 2 heterocycles. The minimum atomic E-state index is -0.217. The van der Waals surface area contributed by atoms with Crippen LogP contribution in [-0.2, 0) is 4.79 Å². The van der Waals surface area contributed by atoms with Gasteiger partial charge >= 0.3 is 6.03 Å². The molecule has 0 aromatic heterocycles. The van der Waals surface area contributed by atoms with E-state index in [4.69, 9.17) is 9.47 Å². The number of ether oxygens (including phenoxy) is 2. The van der Waals surface area contributed by atoms with E-state index in [-0.39, 0.29) is 18.0 Å². The predicted molar refractivity (Wildman–Crippen MR) is 141 cm³/mol. The molecule has 2 aromatic carbocycles. The Kier molecular flexibility index (Phi) is 8.89. The van der Waals surface area contributed by atoms with Crippen molar-refractivity contribution in [3.05, 3.63) is 48.5 Å². The summed E-state index contributed by atoms with van der Waals surface area (Å²) in [6.07, 6.45) is 1.19. The van der Waals surface area contributed by atoms with Gasteiger partial charge in [-0.2, -0.15) is 0 Å². The average molecular weight is 496 g/mol. The summed E-state index contributed by atoms with van der Waals surface area (Å²) in [7, 11) is 1.68. The SMILES string of the molecule is CCOc1ccc(N2C[C@@H](NC(=O)NCCCN3CCN(c4ccc(OC)cc4)CC3)CC2=O)cc1. The van der Waals surface area contributed by atoms with Crippen LogP contribution in [0.2, 0.25) is 0 Å². The first-order valence-corrected chi connectivity index (χ1v) is 12.7. The number of anilines is 2. The molecule has 0 bridgehead atoms. The van der Waals surface area contributed by atoms with Gasteiger partial charge in [-0.1, -0.05) is 0 Å². The Labute approximate surface area is 213 Å². The maximum absolute atomic E-state index is 12.5. The maximum atomic E-state index is 12.5. The van der Waals surface area contributed by atoms with E-state index in [1.54, 1.807) is 12.0 Å². The highest BCUT2D eigenvalue weighted by molar-refractivity contribution is 5.96. The second-order valence-corrected chi connectivity index (χ2v) is 9.11. The Morgan fingerprint density at radius 3 is 2.31 bits per heavy atom. The van der Waals surface area contributed by atoms with Gasteiger partial charge in [-0.05, 0) is 68.4 Å². The molecule has 194 valence electrons. The fourth-order valence-electron chi connectivity index (χ4n) is 4.71. The molecular weight excluding hydrogens is 458 g/mol. The lowest BCUT2D eigenvalue weighted by Gasteiger charge is -2.36. The van der Waals surface area contributed by atoms with Crippen molar-refractivity contribution in [3.63, 3.8) is 0 Å². The van der Waals surface area contributed by atoms with Gasteiger partial charge in [-0.3, -0.25) is 9.69 Å². The van der Waals surface area contributed by atoms with Crippen LogP contribution >= 0.6 is 0 Å². The van der Waals surface area contributed by atoms with E-state index in [1.807, 2.05) is 43.3 Å². The number of carbonyl (C=O) groups is 2. The zero-order valence-corrected chi connectivity index (χ0v) is 21.2. The zero-order chi connectivity index (χ0) is 25.3. The standard InChI is InChI=1S/C27H37N5O4/c1-3-36-25-11-7-23(8-12-25)32-20-21(19-26(32)33)29-27(34)28-13-4-14-30-15-17-31(18-16-30)22-5-9-24(35-2)10-6-22/h5-12,21H,3-4,13-20H2,1-2H3,(H2,28,29,34)/t21-/m0/s1. The first-order chi connectivity index (χ1) is 17.6. The molecule has 2 aliphatic rings. The van der Waals surface area contributed by atoms with Crippen LogP contribution in [0.1, 0.15) is 19.8 Å². The van der Waals surface area contributed by atoms with E-state index in [9.17, 15) is 9.59 Å². The number of nitrogens with zero attached hydrogens (tertiary/aromatic N) is 3. The van der Waals surface area contributed by atoms with Gasteiger partial charge in [0.25, 0.3) is 0 Å². The molecule has 4 rings (SSSR count). The van der Waals surface area contributed by atoms with Gasteiger partial charge in [0.15, 0.2) is 0 Å². The number of amides is 3. The van der Waals surface area contributed by atoms with Crippen LogP contribution in [0.4, 0.5) is 16.2 Å². The van der Waals surface area contributed by atoms with Crippen molar-refractivity contribution in [2.75, 3.05) is 69.3 Å². The van der Waals surface area contributed by atoms with Crippen molar-refractivity contribution in [3.8, 4) is 11.5 Å². The first kappa shape index (κ1) is 25.6. The molecule has 3 amide bonds. The summed E-state index contributed by atoms with van der Waals surface area (Å²) in [5.41, 5.74) is 2.04. The lowest BCUT2D eigenvalue weighted by atomic mass is 10.2. The van der Waals surface area contributed by atoms with Gasteiger partial charge < -0.3 is 29.9 Å². The summed E-state index contributed by atoms with van der Waals surface area (Å²) in [6, 6.07) is 15.3. The number of urea groups is 1. The molecular formula is C27H37N5O4. The molecule has 2 fully saturated rings. The Balaban J connectivity index is 1.11. The molecule has 9 nitrogen and oxygen atoms in total. The fourth-order valence-corrected chi connectivity index (χ4v) is 4.71. The van der Waals surface area contributed by atoms with Gasteiger partial charge in [0, 0.05) is 57.1 Å². The van der Waals surface area contributed by atoms with E-state index >= 15 is 0 Å². The second-order valence-electron chi connectivity index (χ2n) is 9.11. The van der Waals surface area contributed by atoms with Crippen LogP contribution in [0, 0.1) is 0 Å². The second kappa shape index (κ2) is 12.5. The minimum Gasteiger partial charge on any atom is -0.497 e. The molecule has 0 aliphatic carbocycles. The third kappa shape index (κ3) is 6.81. The van der Waals surface area contributed by atoms with Gasteiger partial charge in [0.2, 0.25) is 5.91 Å². The van der Waals surface area contributed by atoms with E-state index in [2.05, 4.69) is 32.6 Å². The summed E-state index contributed by atoms with van der Waals surface area (Å²) in [6.45, 7) is 8.54. The molecule has 2 aromatic rings. The van der Waals surface area contributed by atoms with Gasteiger partial charge in [-0.15, -0.1) is 0 Å². The highest BCUT2D eigenvalue weighted by Crippen LogP contribution is 2.24. The lowest BCUT2D eigenvalue weighted by molar-refractivity contribution is -0.117. The van der Waals surface area contributed by atoms with Crippen LogP contribution in [0.15, 0.2) is 48.5 Å². The number of carbonyl (C=O) groups excluding carboxylic acids is 2. The Morgan fingerprint density at radius 1 is 0.972 bits per heavy atom. The third-order valence-electron chi connectivity index (χ3n) is 6.67. The molecule has 0 spiro atoms. The largest absolute Gasteiger partial charge is 0.497 e. The first-order valence-electron chi connectivity index (χ1n) is 12.7. The van der Waals surface area contributed by atoms with E-state index < -0.39 is 0 Å². The highest BCUT2D eigenvalue weighted by atomic mass is 16.5. The minimum absolute atomic E-state index is 0.0123. The van der Waals surface area contributed by atoms with Crippen molar-refractivity contribution < 1.29 is 19.1 Å². The van der Waals surface area contributed by atoms with E-state index in [1.165, 1.54) is 5.69 Å². The van der Waals surface area contributed by atoms with E-state index in [0.29, 0.717) is 26.1 Å². The molecule has 1 atom stereocenters. The number of hydrogen-bond acceptors (Lipinski definition) is 6. The summed E-state index contributed by atoms with van der Waals surface area (Å²) in [4.78, 5) is 31.4. The van der Waals surface area contributed by atoms with Crippen molar-refractivity contribution in [2.45, 2.75) is 25.8 Å². The van der Waals surface area contributed by atoms with Crippen LogP contribution in [0.3, 0.4) is 0 Å². The Morgan fingerprint density at radius 2 is 1.64 bits per heavy atom. The summed E-state index contributed by atoms with van der Waals surface area (Å²) >= 11 is 0. The maximum Gasteiger partial charge on any atom is 0.315 e. The highest BCUT2D eigenvalue weighted by Gasteiger charge is 2.31. The van der Waals surface area contributed by atoms with Crippen molar-refractivity contribution in [2.24, 2.45) is 0 Å². The van der Waals surface area contributed by atoms with Crippen LogP contribution < -0.4 is 29.9 Å². The number of piperazine rings is 1. The number of rotatable bonds is 10. The molecule has 0 unspecified atom stereocenters. The third-order valence-corrected chi connectivity index (χ3v) is 6.67. The molecule has 2 aliphatic heterocycles. The number of hydrogen-bond donors (Lipinski definition) is 2. The number of methoxy groups -OCH3 is 1. The smallest absolute Gasteiger partial charge is 0.315 e. The van der Waals surface area contributed by atoms with Gasteiger partial charge in [0.05, 0.1) is 19.8 Å². The number of nitrogens with one attached hydrogen (secondary N) is 2. The average Bonchev–Trinajstić information content (AvgIpc) is 3.27. The molecule has 36 heavy (non-hydrogen) atoms. The van der Waals surface area contributed by atoms with Gasteiger partial charge in [-0.25, -0.2) is 4.79 Å². The van der Waals surface area contributed by atoms with E-state index in [0.717, 1.165) is 56.3 Å². The molecule has 0 saturated carbocycles. The fraction of sp³-hybridized carbons (Fsp3) is 0.481. The molecule has 2 N–H and O–H groups in total. The zero-order valence-electron chi connectivity index (χ0n) is 21.2. The lowest BCUT2D eigenvalue weighted by Crippen LogP contribution is -2.47. The van der Waals surface area contributed by atoms with Crippen LogP contribution in [0.5, 0.6) is 11.5 Å². The monoisotopic (exact) mass is 495 g/mol. The predicted octanol–water partition coefficient (Wildman–Crippen LogP) is 2.71. The number of benzene rings is 2. The quantitative estimate of drug-likeness (QED) is 0.493. The topological polar surface area (TPSA) is 86.4 Å². The summed E-state index contributed by atoms with van der Waals surface area (Å²) < 4.78 is 10.7. The summed E-state index contributed by atoms with van der Waals surface area (Å²) in [5, 5.41) is 5.88. The van der Waals surface area contributed by atoms with Crippen molar-refractivity contribution >= 4 is 23.3 Å². The van der Waals surface area contributed by atoms with Crippen LogP contribution in [0.25, 0.3) is 0 Å². The Hall–Kier alpha value is -3.46. The van der Waals surface area contributed by atoms with Crippen LogP contribution in [-0.4, -0.2) is 82.4 Å².